The second-order valence-corrected chi connectivity index (χ2v) is 5.79. The fourth-order valence-electron chi connectivity index (χ4n) is 2.43. The minimum absolute atomic E-state index is 0.317. The van der Waals surface area contributed by atoms with Gasteiger partial charge in [-0.25, -0.2) is 9.97 Å². The highest BCUT2D eigenvalue weighted by molar-refractivity contribution is 6.05. The van der Waals surface area contributed by atoms with Gasteiger partial charge in [-0.15, -0.1) is 0 Å². The van der Waals surface area contributed by atoms with Gasteiger partial charge in [0.05, 0.1) is 18.1 Å². The molecule has 0 bridgehead atoms. The third-order valence-electron chi connectivity index (χ3n) is 3.76. The Bertz CT molecular complexity index is 972. The van der Waals surface area contributed by atoms with E-state index in [1.165, 1.54) is 12.4 Å². The van der Waals surface area contributed by atoms with Crippen LogP contribution in [0.5, 0.6) is 0 Å². The fraction of sp³-hybridized carbons (Fsp3) is 0.0526. The number of carbonyl (C=O) groups is 2. The Morgan fingerprint density at radius 2 is 1.81 bits per heavy atom. The number of rotatable bonds is 6. The molecule has 5 N–H and O–H groups in total. The summed E-state index contributed by atoms with van der Waals surface area (Å²) in [5, 5.41) is 8.30. The maximum absolute atomic E-state index is 12.5. The molecule has 8 heteroatoms. The normalized spacial score (nSPS) is 10.1. The van der Waals surface area contributed by atoms with Gasteiger partial charge in [-0.3, -0.25) is 9.59 Å². The highest BCUT2D eigenvalue weighted by atomic mass is 16.1. The lowest BCUT2D eigenvalue weighted by Gasteiger charge is -2.10. The molecule has 0 atom stereocenters. The molecule has 1 heterocycles. The molecule has 3 rings (SSSR count). The van der Waals surface area contributed by atoms with Crippen molar-refractivity contribution in [2.24, 2.45) is 0 Å². The third kappa shape index (κ3) is 4.57. The molecule has 2 aromatic carbocycles. The van der Waals surface area contributed by atoms with E-state index in [4.69, 9.17) is 5.73 Å². The monoisotopic (exact) mass is 362 g/mol. The van der Waals surface area contributed by atoms with Crippen molar-refractivity contribution in [3.05, 3.63) is 66.0 Å². The predicted molar refractivity (Wildman–Crippen MR) is 105 cm³/mol. The molecule has 0 unspecified atom stereocenters. The molecule has 0 radical (unpaired) electrons. The lowest BCUT2D eigenvalue weighted by Crippen LogP contribution is -2.14. The molecular formula is C19H18N6O2. The Kier molecular flexibility index (Phi) is 5.27. The van der Waals surface area contributed by atoms with Gasteiger partial charge in [0.25, 0.3) is 5.91 Å². The SMILES string of the molecule is Cc1ccc(NC=O)cc1C(=O)Nc1cnc(Nc2cccc(N)c2)nc1. The number of nitrogens with one attached hydrogen (secondary N) is 3. The lowest BCUT2D eigenvalue weighted by atomic mass is 10.1. The van der Waals surface area contributed by atoms with Crippen LogP contribution in [0.1, 0.15) is 15.9 Å². The van der Waals surface area contributed by atoms with Gasteiger partial charge in [-0.05, 0) is 42.8 Å². The number of aromatic nitrogens is 2. The van der Waals surface area contributed by atoms with Crippen LogP contribution in [0.3, 0.4) is 0 Å². The fourth-order valence-corrected chi connectivity index (χ4v) is 2.43. The zero-order valence-corrected chi connectivity index (χ0v) is 14.6. The number of benzene rings is 2. The molecule has 1 aromatic heterocycles. The van der Waals surface area contributed by atoms with Gasteiger partial charge >= 0.3 is 0 Å². The van der Waals surface area contributed by atoms with E-state index in [0.717, 1.165) is 11.3 Å². The second-order valence-electron chi connectivity index (χ2n) is 5.79. The molecular weight excluding hydrogens is 344 g/mol. The number of nitrogen functional groups attached to an aromatic ring is 1. The summed E-state index contributed by atoms with van der Waals surface area (Å²) in [6.45, 7) is 1.81. The summed E-state index contributed by atoms with van der Waals surface area (Å²) in [6.07, 6.45) is 3.57. The first kappa shape index (κ1) is 17.9. The zero-order chi connectivity index (χ0) is 19.2. The quantitative estimate of drug-likeness (QED) is 0.395. The van der Waals surface area contributed by atoms with Crippen LogP contribution in [0.2, 0.25) is 0 Å². The van der Waals surface area contributed by atoms with Gasteiger partial charge in [0, 0.05) is 22.6 Å². The van der Waals surface area contributed by atoms with E-state index in [-0.39, 0.29) is 5.91 Å². The predicted octanol–water partition coefficient (Wildman–Crippen LogP) is 2.93. The van der Waals surface area contributed by atoms with Crippen molar-refractivity contribution >= 4 is 41.0 Å². The maximum atomic E-state index is 12.5. The molecule has 8 nitrogen and oxygen atoms in total. The van der Waals surface area contributed by atoms with E-state index in [0.29, 0.717) is 35.0 Å². The van der Waals surface area contributed by atoms with E-state index in [1.54, 1.807) is 30.3 Å². The standard InChI is InChI=1S/C19H18N6O2/c1-12-5-6-14(23-11-26)8-17(12)18(27)24-16-9-21-19(22-10-16)25-15-4-2-3-13(20)7-15/h2-11H,20H2,1H3,(H,23,26)(H,24,27)(H,21,22,25). The maximum Gasteiger partial charge on any atom is 0.256 e. The summed E-state index contributed by atoms with van der Waals surface area (Å²) < 4.78 is 0. The summed E-state index contributed by atoms with van der Waals surface area (Å²) in [7, 11) is 0. The van der Waals surface area contributed by atoms with Gasteiger partial charge in [0.15, 0.2) is 0 Å². The first-order chi connectivity index (χ1) is 13.0. The number of hydrogen-bond donors (Lipinski definition) is 4. The topological polar surface area (TPSA) is 122 Å². The molecule has 0 aliphatic rings. The van der Waals surface area contributed by atoms with Crippen molar-refractivity contribution in [3.63, 3.8) is 0 Å². The van der Waals surface area contributed by atoms with E-state index in [9.17, 15) is 9.59 Å². The summed E-state index contributed by atoms with van der Waals surface area (Å²) in [5.41, 5.74) is 9.35. The van der Waals surface area contributed by atoms with Crippen molar-refractivity contribution in [3.8, 4) is 0 Å². The van der Waals surface area contributed by atoms with Crippen molar-refractivity contribution in [1.82, 2.24) is 9.97 Å². The van der Waals surface area contributed by atoms with Gasteiger partial charge < -0.3 is 21.7 Å². The van der Waals surface area contributed by atoms with Crippen LogP contribution in [0.4, 0.5) is 28.7 Å². The number of nitrogens with zero attached hydrogens (tertiary/aromatic N) is 2. The lowest BCUT2D eigenvalue weighted by molar-refractivity contribution is -0.105. The summed E-state index contributed by atoms with van der Waals surface area (Å²) in [4.78, 5) is 31.4. The van der Waals surface area contributed by atoms with Gasteiger partial charge in [-0.2, -0.15) is 0 Å². The Balaban J connectivity index is 1.70. The highest BCUT2D eigenvalue weighted by Crippen LogP contribution is 2.18. The van der Waals surface area contributed by atoms with Crippen LogP contribution in [-0.2, 0) is 4.79 Å². The van der Waals surface area contributed by atoms with Crippen molar-refractivity contribution in [2.75, 3.05) is 21.7 Å². The first-order valence-corrected chi connectivity index (χ1v) is 8.12. The van der Waals surface area contributed by atoms with Crippen LogP contribution >= 0.6 is 0 Å². The van der Waals surface area contributed by atoms with Crippen molar-refractivity contribution in [1.29, 1.82) is 0 Å². The largest absolute Gasteiger partial charge is 0.399 e. The number of nitrogens with two attached hydrogens (primary N) is 1. The molecule has 2 amide bonds. The van der Waals surface area contributed by atoms with Crippen LogP contribution < -0.4 is 21.7 Å². The molecule has 0 saturated heterocycles. The number of amides is 2. The van der Waals surface area contributed by atoms with E-state index < -0.39 is 0 Å². The summed E-state index contributed by atoms with van der Waals surface area (Å²) in [6, 6.07) is 12.3. The molecule has 0 aliphatic heterocycles. The van der Waals surface area contributed by atoms with Crippen LogP contribution in [0.25, 0.3) is 0 Å². The molecule has 0 fully saturated rings. The molecule has 3 aromatic rings. The summed E-state index contributed by atoms with van der Waals surface area (Å²) >= 11 is 0. The molecule has 136 valence electrons. The third-order valence-corrected chi connectivity index (χ3v) is 3.76. The number of carbonyl (C=O) groups excluding carboxylic acids is 2. The van der Waals surface area contributed by atoms with Crippen molar-refractivity contribution in [2.45, 2.75) is 6.92 Å². The number of hydrogen-bond acceptors (Lipinski definition) is 6. The molecule has 0 saturated carbocycles. The molecule has 0 aliphatic carbocycles. The Morgan fingerprint density at radius 3 is 2.52 bits per heavy atom. The summed E-state index contributed by atoms with van der Waals surface area (Å²) in [5.74, 6) is 0.0640. The highest BCUT2D eigenvalue weighted by Gasteiger charge is 2.11. The van der Waals surface area contributed by atoms with E-state index >= 15 is 0 Å². The van der Waals surface area contributed by atoms with Crippen molar-refractivity contribution < 1.29 is 9.59 Å². The van der Waals surface area contributed by atoms with Gasteiger partial charge in [0.1, 0.15) is 0 Å². The average Bonchev–Trinajstić information content (AvgIpc) is 2.65. The van der Waals surface area contributed by atoms with E-state index in [1.807, 2.05) is 19.1 Å². The minimum Gasteiger partial charge on any atom is -0.399 e. The minimum atomic E-state index is -0.317. The Hall–Kier alpha value is -3.94. The average molecular weight is 362 g/mol. The Labute approximate surface area is 155 Å². The number of anilines is 5. The van der Waals surface area contributed by atoms with Crippen LogP contribution in [0.15, 0.2) is 54.9 Å². The molecule has 0 spiro atoms. The first-order valence-electron chi connectivity index (χ1n) is 8.12. The second kappa shape index (κ2) is 7.96. The number of aryl methyl sites for hydroxylation is 1. The Morgan fingerprint density at radius 1 is 1.04 bits per heavy atom. The van der Waals surface area contributed by atoms with Crippen LogP contribution in [0, 0.1) is 6.92 Å². The van der Waals surface area contributed by atoms with Crippen LogP contribution in [-0.4, -0.2) is 22.3 Å². The smallest absolute Gasteiger partial charge is 0.256 e. The van der Waals surface area contributed by atoms with Gasteiger partial charge in [-0.1, -0.05) is 12.1 Å². The zero-order valence-electron chi connectivity index (χ0n) is 14.6. The molecule has 27 heavy (non-hydrogen) atoms. The van der Waals surface area contributed by atoms with Gasteiger partial charge in [0.2, 0.25) is 12.4 Å². The van der Waals surface area contributed by atoms with E-state index in [2.05, 4.69) is 25.9 Å².